The van der Waals surface area contributed by atoms with Gasteiger partial charge in [-0.15, -0.1) is 0 Å². The van der Waals surface area contributed by atoms with Gasteiger partial charge in [-0.1, -0.05) is 25.0 Å². The minimum atomic E-state index is 0.659. The van der Waals surface area contributed by atoms with Crippen LogP contribution in [-0.2, 0) is 17.8 Å². The van der Waals surface area contributed by atoms with Gasteiger partial charge in [-0.3, -0.25) is 4.68 Å². The first-order valence-electron chi connectivity index (χ1n) is 9.57. The second-order valence-electron chi connectivity index (χ2n) is 7.44. The number of nitrogens with zero attached hydrogens (tertiary/aromatic N) is 2. The van der Waals surface area contributed by atoms with Crippen LogP contribution in [0.2, 0.25) is 0 Å². The van der Waals surface area contributed by atoms with Gasteiger partial charge < -0.3 is 10.1 Å². The first-order valence-corrected chi connectivity index (χ1v) is 9.57. The highest BCUT2D eigenvalue weighted by Gasteiger charge is 2.24. The Morgan fingerprint density at radius 3 is 2.79 bits per heavy atom. The van der Waals surface area contributed by atoms with Gasteiger partial charge in [0.15, 0.2) is 0 Å². The van der Waals surface area contributed by atoms with Gasteiger partial charge in [-0.2, -0.15) is 5.10 Å². The van der Waals surface area contributed by atoms with Crippen molar-refractivity contribution in [3.63, 3.8) is 0 Å². The maximum absolute atomic E-state index is 5.23. The number of hydrogen-bond donors (Lipinski definition) is 1. The van der Waals surface area contributed by atoms with E-state index in [-0.39, 0.29) is 0 Å². The third-order valence-electron chi connectivity index (χ3n) is 5.48. The zero-order chi connectivity index (χ0) is 16.4. The number of rotatable bonds is 8. The number of benzene rings is 1. The molecular weight excluding hydrogens is 298 g/mol. The van der Waals surface area contributed by atoms with Crippen molar-refractivity contribution >= 4 is 10.9 Å². The predicted octanol–water partition coefficient (Wildman–Crippen LogP) is 3.98. The van der Waals surface area contributed by atoms with Crippen LogP contribution in [0.15, 0.2) is 18.2 Å². The van der Waals surface area contributed by atoms with E-state index in [1.807, 2.05) is 0 Å². The van der Waals surface area contributed by atoms with Crippen LogP contribution < -0.4 is 5.32 Å². The molecule has 1 heterocycles. The lowest BCUT2D eigenvalue weighted by atomic mass is 10.00. The lowest BCUT2D eigenvalue weighted by Gasteiger charge is -2.06. The maximum Gasteiger partial charge on any atom is 0.0734 e. The fraction of sp³-hybridized carbons (Fsp3) is 0.650. The summed E-state index contributed by atoms with van der Waals surface area (Å²) in [6.07, 6.45) is 9.00. The van der Waals surface area contributed by atoms with Gasteiger partial charge in [-0.05, 0) is 43.7 Å². The van der Waals surface area contributed by atoms with Crippen molar-refractivity contribution in [1.29, 1.82) is 0 Å². The van der Waals surface area contributed by atoms with Crippen molar-refractivity contribution in [2.75, 3.05) is 13.7 Å². The molecule has 0 bridgehead atoms. The molecule has 0 saturated heterocycles. The van der Waals surface area contributed by atoms with E-state index < -0.39 is 0 Å². The fourth-order valence-electron chi connectivity index (χ4n) is 3.93. The van der Waals surface area contributed by atoms with E-state index in [0.717, 1.165) is 32.2 Å². The number of ether oxygens (including phenoxy) is 1. The molecule has 1 aromatic carbocycles. The molecule has 0 unspecified atom stereocenters. The Labute approximate surface area is 144 Å². The summed E-state index contributed by atoms with van der Waals surface area (Å²) in [4.78, 5) is 0. The fourth-order valence-corrected chi connectivity index (χ4v) is 3.93. The number of aromatic nitrogens is 2. The molecule has 0 atom stereocenters. The minimum Gasteiger partial charge on any atom is -0.385 e. The number of fused-ring (bicyclic) bond motifs is 1. The lowest BCUT2D eigenvalue weighted by molar-refractivity contribution is 0.189. The topological polar surface area (TPSA) is 39.1 Å². The Bertz CT molecular complexity index is 683. The standard InChI is InChI=1S/C20H29N3O/c1-24-12-4-11-23-19-13-15(14-21-17-8-9-17)7-10-18(19)20(22-23)16-5-2-3-6-16/h7,10,13,16-17,21H,2-6,8-9,11-12,14H2,1H3. The van der Waals surface area contributed by atoms with Crippen molar-refractivity contribution < 1.29 is 4.74 Å². The Kier molecular flexibility index (Phi) is 4.86. The highest BCUT2D eigenvalue weighted by Crippen LogP contribution is 2.37. The molecule has 2 saturated carbocycles. The molecule has 4 nitrogen and oxygen atoms in total. The summed E-state index contributed by atoms with van der Waals surface area (Å²) < 4.78 is 7.45. The van der Waals surface area contributed by atoms with Crippen LogP contribution in [0.5, 0.6) is 0 Å². The van der Waals surface area contributed by atoms with Crippen LogP contribution in [0.1, 0.15) is 62.1 Å². The average Bonchev–Trinajstić information content (AvgIpc) is 3.14. The predicted molar refractivity (Wildman–Crippen MR) is 97.3 cm³/mol. The van der Waals surface area contributed by atoms with Crippen molar-refractivity contribution in [2.24, 2.45) is 0 Å². The van der Waals surface area contributed by atoms with Crippen molar-refractivity contribution in [3.8, 4) is 0 Å². The quantitative estimate of drug-likeness (QED) is 0.745. The Morgan fingerprint density at radius 1 is 1.21 bits per heavy atom. The summed E-state index contributed by atoms with van der Waals surface area (Å²) in [6.45, 7) is 2.71. The van der Waals surface area contributed by atoms with Crippen LogP contribution >= 0.6 is 0 Å². The van der Waals surface area contributed by atoms with Gasteiger partial charge in [0.1, 0.15) is 0 Å². The normalized spacial score (nSPS) is 18.7. The lowest BCUT2D eigenvalue weighted by Crippen LogP contribution is -2.15. The van der Waals surface area contributed by atoms with Gasteiger partial charge in [0, 0.05) is 44.2 Å². The van der Waals surface area contributed by atoms with E-state index in [0.29, 0.717) is 5.92 Å². The molecule has 1 N–H and O–H groups in total. The molecule has 0 amide bonds. The molecule has 0 radical (unpaired) electrons. The van der Waals surface area contributed by atoms with Gasteiger partial charge >= 0.3 is 0 Å². The molecule has 2 aromatic rings. The van der Waals surface area contributed by atoms with Crippen LogP contribution in [0.25, 0.3) is 10.9 Å². The molecule has 1 aromatic heterocycles. The number of methoxy groups -OCH3 is 1. The van der Waals surface area contributed by atoms with Gasteiger partial charge in [0.05, 0.1) is 11.2 Å². The summed E-state index contributed by atoms with van der Waals surface area (Å²) in [5.41, 5.74) is 4.02. The molecule has 24 heavy (non-hydrogen) atoms. The molecular formula is C20H29N3O. The molecule has 2 aliphatic rings. The second kappa shape index (κ2) is 7.24. The SMILES string of the molecule is COCCCn1nc(C2CCCC2)c2ccc(CNC3CC3)cc21. The maximum atomic E-state index is 5.23. The van der Waals surface area contributed by atoms with Crippen molar-refractivity contribution in [1.82, 2.24) is 15.1 Å². The van der Waals surface area contributed by atoms with E-state index in [1.165, 1.54) is 60.7 Å². The zero-order valence-electron chi connectivity index (χ0n) is 14.8. The van der Waals surface area contributed by atoms with Crippen LogP contribution in [0, 0.1) is 0 Å². The van der Waals surface area contributed by atoms with E-state index in [4.69, 9.17) is 9.84 Å². The van der Waals surface area contributed by atoms with Crippen LogP contribution in [-0.4, -0.2) is 29.5 Å². The van der Waals surface area contributed by atoms with Crippen LogP contribution in [0.4, 0.5) is 0 Å². The van der Waals surface area contributed by atoms with Crippen LogP contribution in [0.3, 0.4) is 0 Å². The molecule has 0 spiro atoms. The molecule has 4 rings (SSSR count). The average molecular weight is 327 g/mol. The van der Waals surface area contributed by atoms with Gasteiger partial charge in [0.25, 0.3) is 0 Å². The number of hydrogen-bond acceptors (Lipinski definition) is 3. The zero-order valence-corrected chi connectivity index (χ0v) is 14.8. The number of nitrogens with one attached hydrogen (secondary N) is 1. The van der Waals surface area contributed by atoms with E-state index in [2.05, 4.69) is 28.2 Å². The summed E-state index contributed by atoms with van der Waals surface area (Å²) in [7, 11) is 1.77. The highest BCUT2D eigenvalue weighted by molar-refractivity contribution is 5.83. The molecule has 0 aliphatic heterocycles. The number of aryl methyl sites for hydroxylation is 1. The van der Waals surface area contributed by atoms with Gasteiger partial charge in [0.2, 0.25) is 0 Å². The molecule has 2 aliphatic carbocycles. The van der Waals surface area contributed by atoms with Crippen molar-refractivity contribution in [3.05, 3.63) is 29.5 Å². The highest BCUT2D eigenvalue weighted by atomic mass is 16.5. The summed E-state index contributed by atoms with van der Waals surface area (Å²) >= 11 is 0. The smallest absolute Gasteiger partial charge is 0.0734 e. The van der Waals surface area contributed by atoms with E-state index in [9.17, 15) is 0 Å². The van der Waals surface area contributed by atoms with Crippen molar-refractivity contribution in [2.45, 2.75) is 70.0 Å². The van der Waals surface area contributed by atoms with E-state index in [1.54, 1.807) is 7.11 Å². The second-order valence-corrected chi connectivity index (χ2v) is 7.44. The Morgan fingerprint density at radius 2 is 2.04 bits per heavy atom. The molecule has 4 heteroatoms. The summed E-state index contributed by atoms with van der Waals surface area (Å²) in [5, 5.41) is 10.0. The molecule has 130 valence electrons. The minimum absolute atomic E-state index is 0.659. The Balaban J connectivity index is 1.62. The summed E-state index contributed by atoms with van der Waals surface area (Å²) in [5.74, 6) is 0.659. The monoisotopic (exact) mass is 327 g/mol. The Hall–Kier alpha value is -1.39. The first kappa shape index (κ1) is 16.1. The third-order valence-corrected chi connectivity index (χ3v) is 5.48. The van der Waals surface area contributed by atoms with E-state index >= 15 is 0 Å². The molecule has 2 fully saturated rings. The third kappa shape index (κ3) is 3.50. The first-order chi connectivity index (χ1) is 11.8. The van der Waals surface area contributed by atoms with Gasteiger partial charge in [-0.25, -0.2) is 0 Å². The largest absolute Gasteiger partial charge is 0.385 e. The summed E-state index contributed by atoms with van der Waals surface area (Å²) in [6, 6.07) is 7.70.